The van der Waals surface area contributed by atoms with Gasteiger partial charge in [0.2, 0.25) is 0 Å². The Morgan fingerprint density at radius 1 is 0.875 bits per heavy atom. The van der Waals surface area contributed by atoms with Gasteiger partial charge >= 0.3 is 150 Å². The molecule has 4 aromatic rings. The molecule has 0 bridgehead atoms. The van der Waals surface area contributed by atoms with Crippen molar-refractivity contribution in [2.45, 2.75) is 17.3 Å². The molecule has 4 heteroatoms. The van der Waals surface area contributed by atoms with Crippen LogP contribution < -0.4 is 4.40 Å². The molecule has 0 radical (unpaired) electrons. The molecule has 24 heavy (non-hydrogen) atoms. The van der Waals surface area contributed by atoms with E-state index in [0.717, 1.165) is 16.6 Å². The summed E-state index contributed by atoms with van der Waals surface area (Å²) in [6, 6.07) is 19.3. The molecule has 0 N–H and O–H groups in total. The fourth-order valence-corrected chi connectivity index (χ4v) is 5.78. The summed E-state index contributed by atoms with van der Waals surface area (Å²) in [7, 11) is 0. The molecule has 4 rings (SSSR count). The molecular formula is C20H19ClGeN2. The van der Waals surface area contributed by atoms with Crippen LogP contribution >= 0.6 is 11.6 Å². The van der Waals surface area contributed by atoms with Crippen LogP contribution in [0.15, 0.2) is 60.8 Å². The zero-order chi connectivity index (χ0) is 16.9. The van der Waals surface area contributed by atoms with Gasteiger partial charge in [-0.2, -0.15) is 0 Å². The average Bonchev–Trinajstić information content (AvgIpc) is 2.87. The monoisotopic (exact) mass is 396 g/mol. The molecule has 0 aliphatic carbocycles. The van der Waals surface area contributed by atoms with Crippen LogP contribution in [0.5, 0.6) is 0 Å². The molecule has 0 fully saturated rings. The average molecular weight is 395 g/mol. The second-order valence-corrected chi connectivity index (χ2v) is 18.2. The number of halogens is 1. The van der Waals surface area contributed by atoms with Crippen LogP contribution in [0.3, 0.4) is 0 Å². The van der Waals surface area contributed by atoms with E-state index in [2.05, 4.69) is 69.3 Å². The van der Waals surface area contributed by atoms with Gasteiger partial charge in [-0.05, 0) is 0 Å². The number of nitrogens with zero attached hydrogens (tertiary/aromatic N) is 2. The molecule has 0 spiro atoms. The van der Waals surface area contributed by atoms with Crippen molar-refractivity contribution in [2.75, 3.05) is 0 Å². The summed E-state index contributed by atoms with van der Waals surface area (Å²) in [5, 5.41) is 2.90. The SMILES string of the molecule is [CH3][Ge]([CH3])([CH3])[c]1ccc2c3cnc(Cl)cc3n(-c3ccccc3)c2c1. The molecule has 0 amide bonds. The zero-order valence-corrected chi connectivity index (χ0v) is 16.9. The maximum absolute atomic E-state index is 6.19. The van der Waals surface area contributed by atoms with E-state index in [-0.39, 0.29) is 0 Å². The van der Waals surface area contributed by atoms with E-state index >= 15 is 0 Å². The molecule has 0 unspecified atom stereocenters. The van der Waals surface area contributed by atoms with E-state index in [9.17, 15) is 0 Å². The minimum atomic E-state index is -1.91. The molecule has 0 aliphatic heterocycles. The van der Waals surface area contributed by atoms with Crippen molar-refractivity contribution in [3.63, 3.8) is 0 Å². The summed E-state index contributed by atoms with van der Waals surface area (Å²) < 4.78 is 3.80. The second-order valence-electron chi connectivity index (χ2n) is 7.18. The number of pyridine rings is 1. The van der Waals surface area contributed by atoms with Crippen molar-refractivity contribution >= 4 is 51.1 Å². The number of aromatic nitrogens is 2. The van der Waals surface area contributed by atoms with Crippen LogP contribution in [-0.4, -0.2) is 22.8 Å². The predicted molar refractivity (Wildman–Crippen MR) is 107 cm³/mol. The van der Waals surface area contributed by atoms with E-state index in [0.29, 0.717) is 5.15 Å². The molecular weight excluding hydrogens is 376 g/mol. The molecule has 120 valence electrons. The molecule has 0 aliphatic rings. The first-order valence-corrected chi connectivity index (χ1v) is 15.8. The van der Waals surface area contributed by atoms with Crippen molar-refractivity contribution in [2.24, 2.45) is 0 Å². The third-order valence-corrected chi connectivity index (χ3v) is 8.99. The quantitative estimate of drug-likeness (QED) is 0.329. The van der Waals surface area contributed by atoms with Crippen LogP contribution in [0.1, 0.15) is 0 Å². The number of para-hydroxylation sites is 1. The summed E-state index contributed by atoms with van der Waals surface area (Å²) >= 11 is 4.28. The zero-order valence-electron chi connectivity index (χ0n) is 14.0. The fourth-order valence-electron chi connectivity index (χ4n) is 3.21. The van der Waals surface area contributed by atoms with Gasteiger partial charge in [-0.15, -0.1) is 0 Å². The van der Waals surface area contributed by atoms with Crippen LogP contribution in [-0.2, 0) is 0 Å². The minimum absolute atomic E-state index is 0.524. The van der Waals surface area contributed by atoms with Crippen molar-refractivity contribution in [3.8, 4) is 5.69 Å². The summed E-state index contributed by atoms with van der Waals surface area (Å²) in [5.74, 6) is 7.28. The van der Waals surface area contributed by atoms with Gasteiger partial charge in [0, 0.05) is 0 Å². The van der Waals surface area contributed by atoms with E-state index in [1.807, 2.05) is 18.3 Å². The second kappa shape index (κ2) is 5.64. The Kier molecular flexibility index (Phi) is 3.70. The number of rotatable bonds is 2. The Bertz CT molecular complexity index is 1050. The summed E-state index contributed by atoms with van der Waals surface area (Å²) in [6.45, 7) is 0. The van der Waals surface area contributed by atoms with Crippen LogP contribution in [0.4, 0.5) is 0 Å². The molecule has 2 heterocycles. The van der Waals surface area contributed by atoms with Crippen LogP contribution in [0.2, 0.25) is 22.4 Å². The number of benzene rings is 2. The predicted octanol–water partition coefficient (Wildman–Crippen LogP) is 5.38. The molecule has 2 aromatic carbocycles. The maximum atomic E-state index is 6.19. The van der Waals surface area contributed by atoms with Crippen molar-refractivity contribution < 1.29 is 0 Å². The van der Waals surface area contributed by atoms with Gasteiger partial charge < -0.3 is 0 Å². The Morgan fingerprint density at radius 2 is 1.58 bits per heavy atom. The molecule has 2 aromatic heterocycles. The van der Waals surface area contributed by atoms with Gasteiger partial charge in [-0.25, -0.2) is 0 Å². The van der Waals surface area contributed by atoms with Gasteiger partial charge in [-0.1, -0.05) is 0 Å². The van der Waals surface area contributed by atoms with Crippen molar-refractivity contribution in [1.29, 1.82) is 0 Å². The normalized spacial score (nSPS) is 12.2. The number of hydrogen-bond donors (Lipinski definition) is 0. The molecule has 2 nitrogen and oxygen atoms in total. The van der Waals surface area contributed by atoms with Crippen LogP contribution in [0, 0.1) is 0 Å². The van der Waals surface area contributed by atoms with E-state index in [4.69, 9.17) is 11.6 Å². The molecule has 0 saturated carbocycles. The fraction of sp³-hybridized carbons (Fsp3) is 0.150. The van der Waals surface area contributed by atoms with Gasteiger partial charge in [-0.3, -0.25) is 0 Å². The molecule has 0 atom stereocenters. The topological polar surface area (TPSA) is 17.8 Å². The van der Waals surface area contributed by atoms with Gasteiger partial charge in [0.1, 0.15) is 0 Å². The number of hydrogen-bond acceptors (Lipinski definition) is 1. The van der Waals surface area contributed by atoms with Crippen molar-refractivity contribution in [3.05, 3.63) is 65.9 Å². The molecule has 0 saturated heterocycles. The Morgan fingerprint density at radius 3 is 2.29 bits per heavy atom. The summed E-state index contributed by atoms with van der Waals surface area (Å²) in [4.78, 5) is 4.30. The van der Waals surface area contributed by atoms with Crippen LogP contribution in [0.25, 0.3) is 27.5 Å². The third-order valence-electron chi connectivity index (χ3n) is 4.50. The summed E-state index contributed by atoms with van der Waals surface area (Å²) in [6.07, 6.45) is 1.89. The first-order chi connectivity index (χ1) is 11.4. The van der Waals surface area contributed by atoms with E-state index in [1.165, 1.54) is 15.3 Å². The van der Waals surface area contributed by atoms with Gasteiger partial charge in [0.25, 0.3) is 0 Å². The Labute approximate surface area is 149 Å². The summed E-state index contributed by atoms with van der Waals surface area (Å²) in [5.41, 5.74) is 3.49. The standard InChI is InChI=1S/C20H19ClGeN2/c1-22(2,3)14-9-10-16-17-13-23-20(21)12-19(17)24(18(16)11-14)15-7-5-4-6-8-15/h4-13H,1-3H3. The van der Waals surface area contributed by atoms with Gasteiger partial charge in [0.05, 0.1) is 0 Å². The van der Waals surface area contributed by atoms with Gasteiger partial charge in [0.15, 0.2) is 0 Å². The first kappa shape index (κ1) is 15.7. The Balaban J connectivity index is 2.17. The first-order valence-electron chi connectivity index (χ1n) is 8.11. The van der Waals surface area contributed by atoms with Crippen molar-refractivity contribution in [1.82, 2.24) is 9.55 Å². The van der Waals surface area contributed by atoms with E-state index < -0.39 is 13.3 Å². The Hall–Kier alpha value is -1.78. The third kappa shape index (κ3) is 2.54. The number of fused-ring (bicyclic) bond motifs is 3. The van der Waals surface area contributed by atoms with E-state index in [1.54, 1.807) is 0 Å².